The number of hydrogen-bond donors (Lipinski definition) is 1. The Balaban J connectivity index is 2.98. The first-order valence-electron chi connectivity index (χ1n) is 4.93. The van der Waals surface area contributed by atoms with E-state index in [4.69, 9.17) is 5.26 Å². The number of benzene rings is 1. The maximum atomic E-state index is 11.9. The molecule has 0 heterocycles. The molecule has 0 spiro atoms. The van der Waals surface area contributed by atoms with E-state index in [2.05, 4.69) is 0 Å². The van der Waals surface area contributed by atoms with E-state index in [1.165, 1.54) is 11.0 Å². The summed E-state index contributed by atoms with van der Waals surface area (Å²) in [6, 6.07) is 6.22. The van der Waals surface area contributed by atoms with Crippen LogP contribution in [0.1, 0.15) is 22.8 Å². The largest absolute Gasteiger partial charge is 0.508 e. The van der Waals surface area contributed by atoms with Crippen LogP contribution < -0.4 is 0 Å². The Morgan fingerprint density at radius 3 is 2.69 bits per heavy atom. The number of aryl methyl sites for hydroxylation is 1. The minimum Gasteiger partial charge on any atom is -0.508 e. The number of aromatic hydroxyl groups is 1. The van der Waals surface area contributed by atoms with Crippen LogP contribution >= 0.6 is 0 Å². The van der Waals surface area contributed by atoms with Crippen LogP contribution in [0.15, 0.2) is 18.2 Å². The van der Waals surface area contributed by atoms with Crippen molar-refractivity contribution in [2.75, 3.05) is 7.05 Å². The van der Waals surface area contributed by atoms with Gasteiger partial charge in [-0.3, -0.25) is 4.79 Å². The number of amides is 1. The van der Waals surface area contributed by atoms with Gasteiger partial charge < -0.3 is 10.0 Å². The summed E-state index contributed by atoms with van der Waals surface area (Å²) in [5.74, 6) is -0.187. The summed E-state index contributed by atoms with van der Waals surface area (Å²) in [6.45, 7) is 3.40. The number of hydrogen-bond acceptors (Lipinski definition) is 3. The van der Waals surface area contributed by atoms with E-state index in [9.17, 15) is 9.90 Å². The lowest BCUT2D eigenvalue weighted by molar-refractivity contribution is 0.0772. The van der Waals surface area contributed by atoms with Crippen molar-refractivity contribution < 1.29 is 9.90 Å². The molecule has 0 aliphatic carbocycles. The molecular weight excluding hydrogens is 204 g/mol. The molecule has 4 nitrogen and oxygen atoms in total. The minimum absolute atomic E-state index is 0.0869. The first-order chi connectivity index (χ1) is 7.47. The van der Waals surface area contributed by atoms with Crippen LogP contribution in [0.3, 0.4) is 0 Å². The predicted octanol–water partition coefficient (Wildman–Crippen LogP) is 1.68. The van der Waals surface area contributed by atoms with E-state index in [1.807, 2.05) is 6.07 Å². The van der Waals surface area contributed by atoms with Crippen molar-refractivity contribution in [2.24, 2.45) is 0 Å². The highest BCUT2D eigenvalue weighted by Gasteiger charge is 2.17. The average molecular weight is 218 g/mol. The highest BCUT2D eigenvalue weighted by Crippen LogP contribution is 2.18. The molecule has 0 aliphatic rings. The standard InChI is InChI=1S/C12H14N2O2/c1-8-4-5-10(6-11(8)15)12(16)14(3)9(2)7-13/h4-6,9,15H,1-3H3. The fourth-order valence-electron chi connectivity index (χ4n) is 1.21. The summed E-state index contributed by atoms with van der Waals surface area (Å²) in [6.07, 6.45) is 0. The van der Waals surface area contributed by atoms with Crippen molar-refractivity contribution in [3.63, 3.8) is 0 Å². The van der Waals surface area contributed by atoms with Gasteiger partial charge in [0, 0.05) is 12.6 Å². The second-order valence-electron chi connectivity index (χ2n) is 3.72. The molecule has 1 aromatic rings. The third kappa shape index (κ3) is 2.31. The summed E-state index contributed by atoms with van der Waals surface area (Å²) < 4.78 is 0. The zero-order chi connectivity index (χ0) is 12.3. The van der Waals surface area contributed by atoms with Crippen molar-refractivity contribution in [3.05, 3.63) is 29.3 Å². The Kier molecular flexibility index (Phi) is 3.51. The first kappa shape index (κ1) is 12.1. The molecule has 0 aliphatic heterocycles. The smallest absolute Gasteiger partial charge is 0.254 e. The third-order valence-electron chi connectivity index (χ3n) is 2.54. The van der Waals surface area contributed by atoms with Gasteiger partial charge in [0.25, 0.3) is 5.91 Å². The predicted molar refractivity (Wildman–Crippen MR) is 60.0 cm³/mol. The fourth-order valence-corrected chi connectivity index (χ4v) is 1.21. The number of phenols is 1. The van der Waals surface area contributed by atoms with Crippen LogP contribution in [0.25, 0.3) is 0 Å². The van der Waals surface area contributed by atoms with Crippen molar-refractivity contribution in [1.29, 1.82) is 5.26 Å². The van der Waals surface area contributed by atoms with Gasteiger partial charge in [0.05, 0.1) is 6.07 Å². The summed E-state index contributed by atoms with van der Waals surface area (Å²) in [5.41, 5.74) is 1.10. The summed E-state index contributed by atoms with van der Waals surface area (Å²) in [4.78, 5) is 13.2. The lowest BCUT2D eigenvalue weighted by Crippen LogP contribution is -2.33. The molecule has 0 saturated heterocycles. The van der Waals surface area contributed by atoms with Crippen LogP contribution in [0, 0.1) is 18.3 Å². The molecule has 4 heteroatoms. The molecule has 84 valence electrons. The highest BCUT2D eigenvalue weighted by molar-refractivity contribution is 5.94. The van der Waals surface area contributed by atoms with Gasteiger partial charge in [-0.25, -0.2) is 0 Å². The molecule has 1 amide bonds. The summed E-state index contributed by atoms with van der Waals surface area (Å²) >= 11 is 0. The number of carbonyl (C=O) groups excluding carboxylic acids is 1. The van der Waals surface area contributed by atoms with Gasteiger partial charge in [-0.05, 0) is 31.5 Å². The first-order valence-corrected chi connectivity index (χ1v) is 4.93. The molecule has 0 radical (unpaired) electrons. The van der Waals surface area contributed by atoms with E-state index in [0.29, 0.717) is 11.1 Å². The number of carbonyl (C=O) groups is 1. The topological polar surface area (TPSA) is 64.3 Å². The highest BCUT2D eigenvalue weighted by atomic mass is 16.3. The lowest BCUT2D eigenvalue weighted by Gasteiger charge is -2.19. The molecular formula is C12H14N2O2. The van der Waals surface area contributed by atoms with E-state index >= 15 is 0 Å². The van der Waals surface area contributed by atoms with E-state index < -0.39 is 6.04 Å². The SMILES string of the molecule is Cc1ccc(C(=O)N(C)C(C)C#N)cc1O. The fraction of sp³-hybridized carbons (Fsp3) is 0.333. The zero-order valence-corrected chi connectivity index (χ0v) is 9.56. The lowest BCUT2D eigenvalue weighted by atomic mass is 10.1. The molecule has 0 bridgehead atoms. The zero-order valence-electron chi connectivity index (χ0n) is 9.56. The maximum absolute atomic E-state index is 11.9. The van der Waals surface area contributed by atoms with Crippen LogP contribution in [0.4, 0.5) is 0 Å². The average Bonchev–Trinajstić information content (AvgIpc) is 2.29. The molecule has 16 heavy (non-hydrogen) atoms. The molecule has 1 unspecified atom stereocenters. The Morgan fingerprint density at radius 1 is 1.56 bits per heavy atom. The normalized spacial score (nSPS) is 11.6. The van der Waals surface area contributed by atoms with Crippen LogP contribution in [-0.4, -0.2) is 29.0 Å². The summed E-state index contributed by atoms with van der Waals surface area (Å²) in [7, 11) is 1.56. The van der Waals surface area contributed by atoms with Crippen LogP contribution in [0.2, 0.25) is 0 Å². The van der Waals surface area contributed by atoms with Gasteiger partial charge in [-0.2, -0.15) is 5.26 Å². The van der Waals surface area contributed by atoms with E-state index in [1.54, 1.807) is 33.0 Å². The second kappa shape index (κ2) is 4.67. The van der Waals surface area contributed by atoms with Gasteiger partial charge in [0.2, 0.25) is 0 Å². The van der Waals surface area contributed by atoms with Gasteiger partial charge in [-0.15, -0.1) is 0 Å². The Hall–Kier alpha value is -2.02. The molecule has 0 saturated carbocycles. The van der Waals surface area contributed by atoms with Gasteiger partial charge >= 0.3 is 0 Å². The van der Waals surface area contributed by atoms with Gasteiger partial charge in [-0.1, -0.05) is 6.07 Å². The Bertz CT molecular complexity index is 449. The Morgan fingerprint density at radius 2 is 2.19 bits per heavy atom. The molecule has 0 fully saturated rings. The molecule has 1 rings (SSSR count). The number of nitriles is 1. The van der Waals surface area contributed by atoms with Crippen LogP contribution in [0.5, 0.6) is 5.75 Å². The van der Waals surface area contributed by atoms with Gasteiger partial charge in [0.15, 0.2) is 0 Å². The van der Waals surface area contributed by atoms with Crippen molar-refractivity contribution in [3.8, 4) is 11.8 Å². The molecule has 1 aromatic carbocycles. The number of rotatable bonds is 2. The Labute approximate surface area is 94.7 Å². The van der Waals surface area contributed by atoms with Crippen molar-refractivity contribution >= 4 is 5.91 Å². The summed E-state index contributed by atoms with van der Waals surface area (Å²) in [5, 5.41) is 18.2. The van der Waals surface area contributed by atoms with Gasteiger partial charge in [0.1, 0.15) is 11.8 Å². The maximum Gasteiger partial charge on any atom is 0.254 e. The number of phenolic OH excluding ortho intramolecular Hbond substituents is 1. The van der Waals surface area contributed by atoms with E-state index in [0.717, 1.165) is 0 Å². The quantitative estimate of drug-likeness (QED) is 0.821. The van der Waals surface area contributed by atoms with Crippen molar-refractivity contribution in [2.45, 2.75) is 19.9 Å². The molecule has 0 aromatic heterocycles. The third-order valence-corrected chi connectivity index (χ3v) is 2.54. The number of nitrogens with zero attached hydrogens (tertiary/aromatic N) is 2. The van der Waals surface area contributed by atoms with Crippen molar-refractivity contribution in [1.82, 2.24) is 4.90 Å². The second-order valence-corrected chi connectivity index (χ2v) is 3.72. The molecule has 1 N–H and O–H groups in total. The van der Waals surface area contributed by atoms with Crippen LogP contribution in [-0.2, 0) is 0 Å². The molecule has 1 atom stereocenters. The minimum atomic E-state index is -0.490. The monoisotopic (exact) mass is 218 g/mol. The van der Waals surface area contributed by atoms with E-state index in [-0.39, 0.29) is 11.7 Å².